The number of amides is 1. The van der Waals surface area contributed by atoms with Crippen LogP contribution in [0, 0.1) is 16.2 Å². The lowest BCUT2D eigenvalue weighted by molar-refractivity contribution is -0.157. The molecule has 1 aromatic carbocycles. The Morgan fingerprint density at radius 2 is 1.64 bits per heavy atom. The highest BCUT2D eigenvalue weighted by Crippen LogP contribution is 2.63. The molecule has 0 saturated heterocycles. The monoisotopic (exact) mass is 323 g/mol. The van der Waals surface area contributed by atoms with Gasteiger partial charge in [0, 0.05) is 0 Å². The summed E-state index contributed by atoms with van der Waals surface area (Å²) in [4.78, 5) is 24.6. The van der Waals surface area contributed by atoms with Gasteiger partial charge in [-0.1, -0.05) is 44.5 Å². The third kappa shape index (κ3) is 2.21. The van der Waals surface area contributed by atoms with E-state index in [-0.39, 0.29) is 5.91 Å². The number of hydrogen-bond donors (Lipinski definition) is 2. The number of carbonyl (C=O) groups is 2. The largest absolute Gasteiger partial charge is 0.481 e. The van der Waals surface area contributed by atoms with Crippen molar-refractivity contribution in [2.24, 2.45) is 16.2 Å². The number of aliphatic carboxylic acids is 1. The molecule has 120 valence electrons. The number of rotatable bonds is 3. The molecule has 2 atom stereocenters. The van der Waals surface area contributed by atoms with Crippen molar-refractivity contribution < 1.29 is 14.7 Å². The molecule has 0 bridgehead atoms. The van der Waals surface area contributed by atoms with Crippen LogP contribution in [0.5, 0.6) is 0 Å². The summed E-state index contributed by atoms with van der Waals surface area (Å²) in [5.41, 5.74) is -1.84. The van der Waals surface area contributed by atoms with E-state index in [4.69, 9.17) is 11.6 Å². The molecule has 1 fully saturated rings. The zero-order valence-corrected chi connectivity index (χ0v) is 14.1. The number of carboxylic acids is 1. The lowest BCUT2D eigenvalue weighted by Crippen LogP contribution is -2.49. The first-order valence-electron chi connectivity index (χ1n) is 7.36. The first-order valence-corrected chi connectivity index (χ1v) is 7.73. The van der Waals surface area contributed by atoms with Crippen molar-refractivity contribution in [3.8, 4) is 0 Å². The van der Waals surface area contributed by atoms with Crippen molar-refractivity contribution in [3.63, 3.8) is 0 Å². The van der Waals surface area contributed by atoms with Gasteiger partial charge in [0.25, 0.3) is 0 Å². The molecule has 0 spiro atoms. The first kappa shape index (κ1) is 16.8. The fourth-order valence-electron chi connectivity index (χ4n) is 3.33. The Morgan fingerprint density at radius 1 is 1.09 bits per heavy atom. The molecule has 1 saturated carbocycles. The number of hydrogen-bond acceptors (Lipinski definition) is 2. The molecule has 0 aliphatic heterocycles. The molecule has 1 aliphatic carbocycles. The molecule has 0 aromatic heterocycles. The van der Waals surface area contributed by atoms with Gasteiger partial charge < -0.3 is 10.4 Å². The van der Waals surface area contributed by atoms with E-state index in [9.17, 15) is 14.7 Å². The predicted octanol–water partition coefficient (Wildman–Crippen LogP) is 4.20. The number of nitrogens with one attached hydrogen (secondary N) is 1. The van der Waals surface area contributed by atoms with E-state index in [2.05, 4.69) is 5.32 Å². The predicted molar refractivity (Wildman–Crippen MR) is 86.9 cm³/mol. The van der Waals surface area contributed by atoms with Crippen LogP contribution in [0.25, 0.3) is 0 Å². The molecule has 2 rings (SSSR count). The van der Waals surface area contributed by atoms with Gasteiger partial charge in [-0.3, -0.25) is 9.59 Å². The zero-order valence-electron chi connectivity index (χ0n) is 13.4. The summed E-state index contributed by atoms with van der Waals surface area (Å²) in [6, 6.07) is 7.04. The van der Waals surface area contributed by atoms with Gasteiger partial charge in [0.05, 0.1) is 21.5 Å². The molecular formula is C17H22ClNO3. The molecule has 22 heavy (non-hydrogen) atoms. The SMILES string of the molecule is CC1(C(=O)O)CCC(C)(C(=O)Nc2ccccc2Cl)C1(C)C. The maximum Gasteiger partial charge on any atom is 0.309 e. The summed E-state index contributed by atoms with van der Waals surface area (Å²) in [5.74, 6) is -1.04. The summed E-state index contributed by atoms with van der Waals surface area (Å²) < 4.78 is 0. The fourth-order valence-corrected chi connectivity index (χ4v) is 3.51. The summed E-state index contributed by atoms with van der Waals surface area (Å²) >= 11 is 6.09. The summed E-state index contributed by atoms with van der Waals surface area (Å²) in [6.07, 6.45) is 1.00. The highest BCUT2D eigenvalue weighted by molar-refractivity contribution is 6.33. The minimum atomic E-state index is -0.931. The van der Waals surface area contributed by atoms with Gasteiger partial charge in [-0.05, 0) is 37.3 Å². The van der Waals surface area contributed by atoms with Crippen LogP contribution in [-0.4, -0.2) is 17.0 Å². The fraction of sp³-hybridized carbons (Fsp3) is 0.529. The van der Waals surface area contributed by atoms with Crippen molar-refractivity contribution in [1.82, 2.24) is 0 Å². The minimum Gasteiger partial charge on any atom is -0.481 e. The van der Waals surface area contributed by atoms with E-state index in [1.807, 2.05) is 20.8 Å². The third-order valence-corrected chi connectivity index (χ3v) is 6.31. The quantitative estimate of drug-likeness (QED) is 0.876. The molecule has 1 amide bonds. The number of para-hydroxylation sites is 1. The van der Waals surface area contributed by atoms with Gasteiger partial charge >= 0.3 is 5.97 Å². The van der Waals surface area contributed by atoms with Gasteiger partial charge in [-0.25, -0.2) is 0 Å². The van der Waals surface area contributed by atoms with E-state index in [1.165, 1.54) is 0 Å². The Kier molecular flexibility index (Phi) is 4.03. The highest BCUT2D eigenvalue weighted by atomic mass is 35.5. The van der Waals surface area contributed by atoms with Crippen LogP contribution >= 0.6 is 11.6 Å². The van der Waals surface area contributed by atoms with E-state index in [0.29, 0.717) is 23.6 Å². The average Bonchev–Trinajstić information content (AvgIpc) is 2.64. The van der Waals surface area contributed by atoms with Crippen LogP contribution in [0.2, 0.25) is 5.02 Å². The number of halogens is 1. The molecule has 4 nitrogen and oxygen atoms in total. The van der Waals surface area contributed by atoms with Crippen molar-refractivity contribution in [3.05, 3.63) is 29.3 Å². The Balaban J connectivity index is 2.34. The van der Waals surface area contributed by atoms with Crippen molar-refractivity contribution in [2.75, 3.05) is 5.32 Å². The van der Waals surface area contributed by atoms with E-state index in [0.717, 1.165) is 0 Å². The second-order valence-corrected chi connectivity index (χ2v) is 7.44. The average molecular weight is 324 g/mol. The Labute approximate surface area is 135 Å². The van der Waals surface area contributed by atoms with Gasteiger partial charge in [0.1, 0.15) is 0 Å². The Bertz CT molecular complexity index is 628. The van der Waals surface area contributed by atoms with Crippen LogP contribution in [0.3, 0.4) is 0 Å². The molecule has 0 heterocycles. The second-order valence-electron chi connectivity index (χ2n) is 7.03. The zero-order chi connectivity index (χ0) is 16.8. The summed E-state index contributed by atoms with van der Waals surface area (Å²) in [5, 5.41) is 12.9. The third-order valence-electron chi connectivity index (χ3n) is 5.98. The second kappa shape index (κ2) is 5.27. The molecule has 1 aliphatic rings. The number of carbonyl (C=O) groups excluding carboxylic acids is 1. The maximum atomic E-state index is 12.9. The van der Waals surface area contributed by atoms with Crippen LogP contribution in [-0.2, 0) is 9.59 Å². The van der Waals surface area contributed by atoms with E-state index < -0.39 is 22.2 Å². The molecule has 0 radical (unpaired) electrons. The molecule has 1 aromatic rings. The molecule has 5 heteroatoms. The standard InChI is InChI=1S/C17H22ClNO3/c1-15(2)16(3,9-10-17(15,4)14(21)22)13(20)19-12-8-6-5-7-11(12)18/h5-8H,9-10H2,1-4H3,(H,19,20)(H,21,22). The Morgan fingerprint density at radius 3 is 2.14 bits per heavy atom. The van der Waals surface area contributed by atoms with Crippen LogP contribution < -0.4 is 5.32 Å². The summed E-state index contributed by atoms with van der Waals surface area (Å²) in [6.45, 7) is 7.29. The number of carboxylic acid groups (broad SMARTS) is 1. The van der Waals surface area contributed by atoms with Gasteiger partial charge in [-0.15, -0.1) is 0 Å². The maximum absolute atomic E-state index is 12.9. The number of benzene rings is 1. The van der Waals surface area contributed by atoms with Crippen LogP contribution in [0.4, 0.5) is 5.69 Å². The van der Waals surface area contributed by atoms with Gasteiger partial charge in [0.15, 0.2) is 0 Å². The molecular weight excluding hydrogens is 302 g/mol. The first-order chi connectivity index (χ1) is 10.1. The van der Waals surface area contributed by atoms with Gasteiger partial charge in [0.2, 0.25) is 5.91 Å². The lowest BCUT2D eigenvalue weighted by atomic mass is 9.59. The summed E-state index contributed by atoms with van der Waals surface area (Å²) in [7, 11) is 0. The lowest BCUT2D eigenvalue weighted by Gasteiger charge is -2.44. The molecule has 2 N–H and O–H groups in total. The van der Waals surface area contributed by atoms with Crippen molar-refractivity contribution in [1.29, 1.82) is 0 Å². The van der Waals surface area contributed by atoms with Crippen molar-refractivity contribution >= 4 is 29.2 Å². The minimum absolute atomic E-state index is 0.185. The van der Waals surface area contributed by atoms with Crippen LogP contribution in [0.1, 0.15) is 40.5 Å². The molecule has 2 unspecified atom stereocenters. The van der Waals surface area contributed by atoms with E-state index in [1.54, 1.807) is 31.2 Å². The normalized spacial score (nSPS) is 30.0. The van der Waals surface area contributed by atoms with Crippen molar-refractivity contribution in [2.45, 2.75) is 40.5 Å². The smallest absolute Gasteiger partial charge is 0.309 e. The number of anilines is 1. The topological polar surface area (TPSA) is 66.4 Å². The Hall–Kier alpha value is -1.55. The van der Waals surface area contributed by atoms with Crippen LogP contribution in [0.15, 0.2) is 24.3 Å². The highest BCUT2D eigenvalue weighted by Gasteiger charge is 2.64. The van der Waals surface area contributed by atoms with Gasteiger partial charge in [-0.2, -0.15) is 0 Å². The van der Waals surface area contributed by atoms with E-state index >= 15 is 0 Å².